The summed E-state index contributed by atoms with van der Waals surface area (Å²) >= 11 is 3.47. The minimum atomic E-state index is -0.216. The number of hydrogen-bond donors (Lipinski definition) is 2. The zero-order chi connectivity index (χ0) is 15.4. The van der Waals surface area contributed by atoms with Gasteiger partial charge in [-0.15, -0.1) is 0 Å². The second kappa shape index (κ2) is 6.62. The molecule has 0 aliphatic rings. The SMILES string of the molecule is O=C(NCc1ccccc1Br)Nc1cccc2ccccc12. The Balaban J connectivity index is 1.70. The Hall–Kier alpha value is -2.33. The molecule has 0 unspecified atom stereocenters. The average molecular weight is 355 g/mol. The molecule has 3 aromatic rings. The van der Waals surface area contributed by atoms with E-state index in [9.17, 15) is 4.79 Å². The summed E-state index contributed by atoms with van der Waals surface area (Å²) in [5.74, 6) is 0. The van der Waals surface area contributed by atoms with Gasteiger partial charge in [0.1, 0.15) is 0 Å². The van der Waals surface area contributed by atoms with Crippen LogP contribution in [-0.4, -0.2) is 6.03 Å². The number of rotatable bonds is 3. The Morgan fingerprint density at radius 2 is 1.64 bits per heavy atom. The Bertz CT molecular complexity index is 812. The van der Waals surface area contributed by atoms with E-state index in [1.54, 1.807) is 0 Å². The first-order valence-electron chi connectivity index (χ1n) is 7.00. The molecule has 0 saturated carbocycles. The highest BCUT2D eigenvalue weighted by molar-refractivity contribution is 9.10. The first-order valence-corrected chi connectivity index (χ1v) is 7.79. The van der Waals surface area contributed by atoms with Crippen molar-refractivity contribution in [3.05, 3.63) is 76.8 Å². The van der Waals surface area contributed by atoms with E-state index in [1.165, 1.54) is 0 Å². The van der Waals surface area contributed by atoms with Gasteiger partial charge < -0.3 is 10.6 Å². The van der Waals surface area contributed by atoms with Crippen molar-refractivity contribution in [2.24, 2.45) is 0 Å². The molecule has 2 amide bonds. The molecular formula is C18H15BrN2O. The van der Waals surface area contributed by atoms with Crippen molar-refractivity contribution in [3.8, 4) is 0 Å². The van der Waals surface area contributed by atoms with Gasteiger partial charge in [-0.2, -0.15) is 0 Å². The maximum absolute atomic E-state index is 12.1. The number of amides is 2. The van der Waals surface area contributed by atoms with Crippen LogP contribution in [0, 0.1) is 0 Å². The van der Waals surface area contributed by atoms with Crippen LogP contribution in [0.15, 0.2) is 71.2 Å². The number of carbonyl (C=O) groups is 1. The van der Waals surface area contributed by atoms with Gasteiger partial charge in [-0.05, 0) is 23.1 Å². The van der Waals surface area contributed by atoms with Crippen molar-refractivity contribution in [1.82, 2.24) is 5.32 Å². The Labute approximate surface area is 137 Å². The van der Waals surface area contributed by atoms with Gasteiger partial charge in [-0.1, -0.05) is 70.5 Å². The number of nitrogens with one attached hydrogen (secondary N) is 2. The summed E-state index contributed by atoms with van der Waals surface area (Å²) in [5.41, 5.74) is 1.85. The van der Waals surface area contributed by atoms with E-state index < -0.39 is 0 Å². The number of fused-ring (bicyclic) bond motifs is 1. The molecule has 3 aromatic carbocycles. The highest BCUT2D eigenvalue weighted by atomic mass is 79.9. The van der Waals surface area contributed by atoms with E-state index in [2.05, 4.69) is 26.6 Å². The summed E-state index contributed by atoms with van der Waals surface area (Å²) in [4.78, 5) is 12.1. The van der Waals surface area contributed by atoms with Gasteiger partial charge in [-0.3, -0.25) is 0 Å². The molecule has 110 valence electrons. The molecule has 3 rings (SSSR count). The monoisotopic (exact) mass is 354 g/mol. The van der Waals surface area contributed by atoms with Crippen LogP contribution in [0.1, 0.15) is 5.56 Å². The van der Waals surface area contributed by atoms with Crippen LogP contribution in [0.5, 0.6) is 0 Å². The molecule has 0 atom stereocenters. The molecule has 3 nitrogen and oxygen atoms in total. The van der Waals surface area contributed by atoms with Gasteiger partial charge in [0.25, 0.3) is 0 Å². The molecule has 0 spiro atoms. The third-order valence-electron chi connectivity index (χ3n) is 3.44. The topological polar surface area (TPSA) is 41.1 Å². The van der Waals surface area contributed by atoms with E-state index in [4.69, 9.17) is 0 Å². The molecule has 0 fully saturated rings. The van der Waals surface area contributed by atoms with Crippen molar-refractivity contribution in [2.45, 2.75) is 6.54 Å². The van der Waals surface area contributed by atoms with Crippen molar-refractivity contribution < 1.29 is 4.79 Å². The maximum atomic E-state index is 12.1. The van der Waals surface area contributed by atoms with E-state index in [1.807, 2.05) is 66.7 Å². The molecule has 0 aromatic heterocycles. The van der Waals surface area contributed by atoms with Crippen LogP contribution in [0.4, 0.5) is 10.5 Å². The van der Waals surface area contributed by atoms with Crippen molar-refractivity contribution >= 4 is 38.4 Å². The summed E-state index contributed by atoms with van der Waals surface area (Å²) in [5, 5.41) is 7.91. The number of urea groups is 1. The minimum Gasteiger partial charge on any atom is -0.334 e. The third-order valence-corrected chi connectivity index (χ3v) is 4.21. The lowest BCUT2D eigenvalue weighted by Crippen LogP contribution is -2.28. The second-order valence-electron chi connectivity index (χ2n) is 4.93. The van der Waals surface area contributed by atoms with Gasteiger partial charge in [0, 0.05) is 16.4 Å². The summed E-state index contributed by atoms with van der Waals surface area (Å²) in [6.45, 7) is 0.470. The number of benzene rings is 3. The summed E-state index contributed by atoms with van der Waals surface area (Å²) in [6, 6.07) is 21.5. The first-order chi connectivity index (χ1) is 10.7. The molecule has 0 bridgehead atoms. The van der Waals surface area contributed by atoms with E-state index in [0.29, 0.717) is 6.54 Å². The largest absolute Gasteiger partial charge is 0.334 e. The highest BCUT2D eigenvalue weighted by Gasteiger charge is 2.06. The van der Waals surface area contributed by atoms with Crippen molar-refractivity contribution in [3.63, 3.8) is 0 Å². The highest BCUT2D eigenvalue weighted by Crippen LogP contribution is 2.22. The smallest absolute Gasteiger partial charge is 0.319 e. The normalized spacial score (nSPS) is 10.4. The van der Waals surface area contributed by atoms with E-state index in [-0.39, 0.29) is 6.03 Å². The van der Waals surface area contributed by atoms with Crippen molar-refractivity contribution in [1.29, 1.82) is 0 Å². The lowest BCUT2D eigenvalue weighted by molar-refractivity contribution is 0.252. The maximum Gasteiger partial charge on any atom is 0.319 e. The van der Waals surface area contributed by atoms with Gasteiger partial charge in [-0.25, -0.2) is 4.79 Å². The molecular weight excluding hydrogens is 340 g/mol. The number of anilines is 1. The van der Waals surface area contributed by atoms with Gasteiger partial charge in [0.2, 0.25) is 0 Å². The lowest BCUT2D eigenvalue weighted by atomic mass is 10.1. The quantitative estimate of drug-likeness (QED) is 0.688. The summed E-state index contributed by atoms with van der Waals surface area (Å²) in [7, 11) is 0. The minimum absolute atomic E-state index is 0.216. The summed E-state index contributed by atoms with van der Waals surface area (Å²) < 4.78 is 0.987. The Morgan fingerprint density at radius 1 is 0.909 bits per heavy atom. The van der Waals surface area contributed by atoms with Gasteiger partial charge in [0.05, 0.1) is 5.69 Å². The number of halogens is 1. The lowest BCUT2D eigenvalue weighted by Gasteiger charge is -2.11. The first kappa shape index (κ1) is 14.6. The average Bonchev–Trinajstić information content (AvgIpc) is 2.54. The van der Waals surface area contributed by atoms with Crippen LogP contribution in [0.3, 0.4) is 0 Å². The third kappa shape index (κ3) is 3.28. The fraction of sp³-hybridized carbons (Fsp3) is 0.0556. The van der Waals surface area contributed by atoms with Crippen LogP contribution < -0.4 is 10.6 Å². The fourth-order valence-electron chi connectivity index (χ4n) is 2.32. The summed E-state index contributed by atoms with van der Waals surface area (Å²) in [6.07, 6.45) is 0. The predicted octanol–water partition coefficient (Wildman–Crippen LogP) is 4.92. The van der Waals surface area contributed by atoms with Crippen LogP contribution in [0.2, 0.25) is 0 Å². The zero-order valence-electron chi connectivity index (χ0n) is 11.8. The Kier molecular flexibility index (Phi) is 4.39. The van der Waals surface area contributed by atoms with Crippen LogP contribution in [-0.2, 0) is 6.54 Å². The standard InChI is InChI=1S/C18H15BrN2O/c19-16-10-4-2-7-14(16)12-20-18(22)21-17-11-5-8-13-6-1-3-9-15(13)17/h1-11H,12H2,(H2,20,21,22). The molecule has 0 aliphatic heterocycles. The molecule has 2 N–H and O–H groups in total. The molecule has 22 heavy (non-hydrogen) atoms. The molecule has 0 saturated heterocycles. The van der Waals surface area contributed by atoms with Crippen LogP contribution >= 0.6 is 15.9 Å². The predicted molar refractivity (Wildman–Crippen MR) is 93.9 cm³/mol. The Morgan fingerprint density at radius 3 is 2.50 bits per heavy atom. The van der Waals surface area contributed by atoms with Crippen molar-refractivity contribution in [2.75, 3.05) is 5.32 Å². The van der Waals surface area contributed by atoms with E-state index in [0.717, 1.165) is 26.5 Å². The number of carbonyl (C=O) groups excluding carboxylic acids is 1. The van der Waals surface area contributed by atoms with Gasteiger partial charge >= 0.3 is 6.03 Å². The molecule has 0 heterocycles. The zero-order valence-corrected chi connectivity index (χ0v) is 13.4. The molecule has 0 radical (unpaired) electrons. The molecule has 0 aliphatic carbocycles. The number of hydrogen-bond acceptors (Lipinski definition) is 1. The van der Waals surface area contributed by atoms with E-state index >= 15 is 0 Å². The van der Waals surface area contributed by atoms with Gasteiger partial charge in [0.15, 0.2) is 0 Å². The molecule has 4 heteroatoms. The fourth-order valence-corrected chi connectivity index (χ4v) is 2.74. The second-order valence-corrected chi connectivity index (χ2v) is 5.78. The van der Waals surface area contributed by atoms with Crippen LogP contribution in [0.25, 0.3) is 10.8 Å².